The summed E-state index contributed by atoms with van der Waals surface area (Å²) in [5.74, 6) is 1.72. The molecule has 1 aromatic heterocycles. The molecule has 8 nitrogen and oxygen atoms in total. The average Bonchev–Trinajstić information content (AvgIpc) is 3.63. The zero-order valence-electron chi connectivity index (χ0n) is 19.5. The third kappa shape index (κ3) is 4.26. The number of amides is 1. The van der Waals surface area contributed by atoms with Gasteiger partial charge in [-0.2, -0.15) is 0 Å². The van der Waals surface area contributed by atoms with E-state index in [0.29, 0.717) is 31.1 Å². The molecule has 1 aromatic carbocycles. The van der Waals surface area contributed by atoms with Crippen LogP contribution in [0.4, 0.5) is 5.82 Å². The first-order valence-electron chi connectivity index (χ1n) is 11.4. The standard InChI is InChI=1S/C25H29N3O5/c1-15-5-6-16(20-21(15)31-14-25(20)9-10-25)32-18-13-26-17(12-27-18)28-22(30)24(7-8-24)11-19(29)33-23(2,3)4/h5-6,12-13H,7-11,14H2,1-4H3,(H,26,28,30). The highest BCUT2D eigenvalue weighted by atomic mass is 16.6. The van der Waals surface area contributed by atoms with Crippen LogP contribution in [0.5, 0.6) is 17.4 Å². The van der Waals surface area contributed by atoms with E-state index in [9.17, 15) is 9.59 Å². The Labute approximate surface area is 193 Å². The number of hydrogen-bond donors (Lipinski definition) is 1. The minimum absolute atomic E-state index is 0.0626. The van der Waals surface area contributed by atoms with Gasteiger partial charge < -0.3 is 19.5 Å². The van der Waals surface area contributed by atoms with E-state index >= 15 is 0 Å². The average molecular weight is 452 g/mol. The summed E-state index contributed by atoms with van der Waals surface area (Å²) in [4.78, 5) is 33.6. The third-order valence-corrected chi connectivity index (χ3v) is 6.52. The number of anilines is 1. The summed E-state index contributed by atoms with van der Waals surface area (Å²) >= 11 is 0. The van der Waals surface area contributed by atoms with Gasteiger partial charge in [-0.25, -0.2) is 9.97 Å². The van der Waals surface area contributed by atoms with Crippen molar-refractivity contribution in [2.45, 2.75) is 70.8 Å². The van der Waals surface area contributed by atoms with Crippen LogP contribution < -0.4 is 14.8 Å². The monoisotopic (exact) mass is 451 g/mol. The van der Waals surface area contributed by atoms with Gasteiger partial charge in [0, 0.05) is 11.0 Å². The van der Waals surface area contributed by atoms with E-state index in [2.05, 4.69) is 15.3 Å². The van der Waals surface area contributed by atoms with E-state index in [1.54, 1.807) is 0 Å². The van der Waals surface area contributed by atoms with Crippen molar-refractivity contribution in [3.63, 3.8) is 0 Å². The van der Waals surface area contributed by atoms with E-state index in [0.717, 1.165) is 35.5 Å². The Hall–Kier alpha value is -3.16. The van der Waals surface area contributed by atoms with Crippen LogP contribution >= 0.6 is 0 Å². The van der Waals surface area contributed by atoms with Gasteiger partial charge in [-0.3, -0.25) is 9.59 Å². The molecule has 2 heterocycles. The van der Waals surface area contributed by atoms with Gasteiger partial charge in [-0.05, 0) is 65.0 Å². The van der Waals surface area contributed by atoms with Gasteiger partial charge in [0.05, 0.1) is 30.8 Å². The van der Waals surface area contributed by atoms with Crippen LogP contribution in [0.15, 0.2) is 24.5 Å². The van der Waals surface area contributed by atoms with Crippen LogP contribution in [-0.4, -0.2) is 34.1 Å². The Morgan fingerprint density at radius 1 is 1.12 bits per heavy atom. The molecule has 2 fully saturated rings. The van der Waals surface area contributed by atoms with Gasteiger partial charge in [0.1, 0.15) is 17.1 Å². The van der Waals surface area contributed by atoms with Crippen LogP contribution in [0.2, 0.25) is 0 Å². The first-order valence-corrected chi connectivity index (χ1v) is 11.4. The SMILES string of the molecule is Cc1ccc(Oc2cnc(NC(=O)C3(CC(=O)OC(C)(C)C)CC3)cn2)c2c1OCC21CC1. The molecule has 0 radical (unpaired) electrons. The van der Waals surface area contributed by atoms with Gasteiger partial charge in [0.25, 0.3) is 0 Å². The molecule has 174 valence electrons. The van der Waals surface area contributed by atoms with Gasteiger partial charge in [0.2, 0.25) is 11.8 Å². The van der Waals surface area contributed by atoms with Crippen LogP contribution in [0.1, 0.15) is 64.0 Å². The van der Waals surface area contributed by atoms with Crippen molar-refractivity contribution in [2.75, 3.05) is 11.9 Å². The first kappa shape index (κ1) is 21.7. The molecule has 1 aliphatic heterocycles. The topological polar surface area (TPSA) is 99.6 Å². The molecule has 1 N–H and O–H groups in total. The predicted molar refractivity (Wildman–Crippen MR) is 120 cm³/mol. The van der Waals surface area contributed by atoms with Gasteiger partial charge in [0.15, 0.2) is 5.82 Å². The number of fused-ring (bicyclic) bond motifs is 2. The minimum Gasteiger partial charge on any atom is -0.492 e. The maximum Gasteiger partial charge on any atom is 0.307 e. The van der Waals surface area contributed by atoms with Gasteiger partial charge >= 0.3 is 5.97 Å². The number of esters is 1. The van der Waals surface area contributed by atoms with Crippen molar-refractivity contribution in [2.24, 2.45) is 5.41 Å². The van der Waals surface area contributed by atoms with Crippen molar-refractivity contribution in [1.29, 1.82) is 0 Å². The second kappa shape index (κ2) is 7.43. The number of benzene rings is 1. The van der Waals surface area contributed by atoms with Crippen molar-refractivity contribution in [3.8, 4) is 17.4 Å². The lowest BCUT2D eigenvalue weighted by molar-refractivity contribution is -0.157. The first-order chi connectivity index (χ1) is 15.6. The lowest BCUT2D eigenvalue weighted by Gasteiger charge is -2.21. The lowest BCUT2D eigenvalue weighted by Crippen LogP contribution is -2.31. The minimum atomic E-state index is -0.722. The van der Waals surface area contributed by atoms with Crippen LogP contribution in [0.25, 0.3) is 0 Å². The molecule has 3 aliphatic rings. The van der Waals surface area contributed by atoms with E-state index in [-0.39, 0.29) is 23.7 Å². The van der Waals surface area contributed by atoms with Crippen molar-refractivity contribution in [3.05, 3.63) is 35.7 Å². The van der Waals surface area contributed by atoms with Crippen LogP contribution in [0, 0.1) is 12.3 Å². The summed E-state index contributed by atoms with van der Waals surface area (Å²) < 4.78 is 17.4. The molecule has 2 saturated carbocycles. The molecule has 1 spiro atoms. The Morgan fingerprint density at radius 3 is 2.48 bits per heavy atom. The summed E-state index contributed by atoms with van der Waals surface area (Å²) in [5, 5.41) is 2.78. The van der Waals surface area contributed by atoms with Gasteiger partial charge in [-0.1, -0.05) is 6.07 Å². The van der Waals surface area contributed by atoms with E-state index in [1.807, 2.05) is 39.8 Å². The summed E-state index contributed by atoms with van der Waals surface area (Å²) in [7, 11) is 0. The number of carbonyl (C=O) groups is 2. The van der Waals surface area contributed by atoms with Gasteiger partial charge in [-0.15, -0.1) is 0 Å². The molecule has 5 rings (SSSR count). The van der Waals surface area contributed by atoms with Crippen LogP contribution in [-0.2, 0) is 19.7 Å². The number of nitrogens with one attached hydrogen (secondary N) is 1. The summed E-state index contributed by atoms with van der Waals surface area (Å²) in [6.45, 7) is 8.17. The molecule has 0 unspecified atom stereocenters. The lowest BCUT2D eigenvalue weighted by atomic mass is 9.95. The van der Waals surface area contributed by atoms with Crippen molar-refractivity contribution in [1.82, 2.24) is 9.97 Å². The Kier molecular flexibility index (Phi) is 4.88. The normalized spacial score (nSPS) is 18.8. The zero-order chi connectivity index (χ0) is 23.4. The molecular weight excluding hydrogens is 422 g/mol. The quantitative estimate of drug-likeness (QED) is 0.648. The third-order valence-electron chi connectivity index (χ3n) is 6.52. The number of rotatable bonds is 6. The largest absolute Gasteiger partial charge is 0.492 e. The molecular formula is C25H29N3O5. The highest BCUT2D eigenvalue weighted by Gasteiger charge is 2.53. The summed E-state index contributed by atoms with van der Waals surface area (Å²) in [6, 6.07) is 3.94. The van der Waals surface area contributed by atoms with Crippen LogP contribution in [0.3, 0.4) is 0 Å². The fourth-order valence-electron chi connectivity index (χ4n) is 4.35. The van der Waals surface area contributed by atoms with Crippen molar-refractivity contribution < 1.29 is 23.8 Å². The number of ether oxygens (including phenoxy) is 3. The fourth-order valence-corrected chi connectivity index (χ4v) is 4.35. The second-order valence-electron chi connectivity index (χ2n) is 10.5. The molecule has 0 atom stereocenters. The number of hydrogen-bond acceptors (Lipinski definition) is 7. The smallest absolute Gasteiger partial charge is 0.307 e. The molecule has 33 heavy (non-hydrogen) atoms. The fraction of sp³-hybridized carbons (Fsp3) is 0.520. The molecule has 0 saturated heterocycles. The molecule has 2 aliphatic carbocycles. The molecule has 8 heteroatoms. The number of aromatic nitrogens is 2. The maximum atomic E-state index is 12.8. The number of aryl methyl sites for hydroxylation is 1. The number of carbonyl (C=O) groups excluding carboxylic acids is 2. The second-order valence-corrected chi connectivity index (χ2v) is 10.5. The summed E-state index contributed by atoms with van der Waals surface area (Å²) in [6.07, 6.45) is 6.51. The maximum absolute atomic E-state index is 12.8. The summed E-state index contributed by atoms with van der Waals surface area (Å²) in [5.41, 5.74) is 1.00. The highest BCUT2D eigenvalue weighted by Crippen LogP contribution is 2.59. The van der Waals surface area contributed by atoms with E-state index < -0.39 is 11.0 Å². The Morgan fingerprint density at radius 2 is 1.88 bits per heavy atom. The van der Waals surface area contributed by atoms with E-state index in [4.69, 9.17) is 14.2 Å². The van der Waals surface area contributed by atoms with Crippen molar-refractivity contribution >= 4 is 17.7 Å². The zero-order valence-corrected chi connectivity index (χ0v) is 19.5. The Balaban J connectivity index is 1.24. The molecule has 1 amide bonds. The highest BCUT2D eigenvalue weighted by molar-refractivity contribution is 5.98. The molecule has 2 aromatic rings. The van der Waals surface area contributed by atoms with E-state index in [1.165, 1.54) is 12.4 Å². The number of nitrogens with zero attached hydrogens (tertiary/aromatic N) is 2. The Bertz CT molecular complexity index is 1110. The molecule has 0 bridgehead atoms. The predicted octanol–water partition coefficient (Wildman–Crippen LogP) is 4.45.